The van der Waals surface area contributed by atoms with Crippen LogP contribution in [0.1, 0.15) is 25.0 Å². The molecule has 0 saturated carbocycles. The smallest absolute Gasteiger partial charge is 0.126 e. The molecule has 0 N–H and O–H groups in total. The Morgan fingerprint density at radius 1 is 1.44 bits per heavy atom. The summed E-state index contributed by atoms with van der Waals surface area (Å²) >= 11 is 0. The van der Waals surface area contributed by atoms with Crippen LogP contribution in [0.5, 0.6) is 0 Å². The summed E-state index contributed by atoms with van der Waals surface area (Å²) < 4.78 is 13.1. The molecule has 0 saturated heterocycles. The van der Waals surface area contributed by atoms with Crippen LogP contribution in [0.4, 0.5) is 4.39 Å². The van der Waals surface area contributed by atoms with Crippen molar-refractivity contribution in [3.05, 3.63) is 35.1 Å². The van der Waals surface area contributed by atoms with E-state index in [1.807, 2.05) is 31.9 Å². The number of nitrogens with zero attached hydrogens (tertiary/aromatic N) is 2. The van der Waals surface area contributed by atoms with Crippen LogP contribution in [0.25, 0.3) is 0 Å². The van der Waals surface area contributed by atoms with E-state index in [-0.39, 0.29) is 5.82 Å². The van der Waals surface area contributed by atoms with Crippen LogP contribution in [0.15, 0.2) is 18.2 Å². The molecule has 0 bridgehead atoms. The molecule has 0 atom stereocenters. The SMILES string of the molecule is Cc1cc(CN(C)C(C)(C)C#N)ccc1F. The summed E-state index contributed by atoms with van der Waals surface area (Å²) in [6.45, 7) is 6.11. The van der Waals surface area contributed by atoms with Gasteiger partial charge < -0.3 is 0 Å². The van der Waals surface area contributed by atoms with E-state index in [2.05, 4.69) is 6.07 Å². The first kappa shape index (κ1) is 12.7. The maximum absolute atomic E-state index is 13.1. The molecule has 1 rings (SSSR count). The highest BCUT2D eigenvalue weighted by molar-refractivity contribution is 5.24. The highest BCUT2D eigenvalue weighted by atomic mass is 19.1. The van der Waals surface area contributed by atoms with Crippen LogP contribution in [-0.2, 0) is 6.54 Å². The Kier molecular flexibility index (Phi) is 3.66. The van der Waals surface area contributed by atoms with Crippen molar-refractivity contribution >= 4 is 0 Å². The highest BCUT2D eigenvalue weighted by Gasteiger charge is 2.22. The lowest BCUT2D eigenvalue weighted by Gasteiger charge is -2.29. The topological polar surface area (TPSA) is 27.0 Å². The summed E-state index contributed by atoms with van der Waals surface area (Å²) in [4.78, 5) is 1.94. The van der Waals surface area contributed by atoms with Crippen LogP contribution in [0.2, 0.25) is 0 Å². The fraction of sp³-hybridized carbons (Fsp3) is 0.462. The molecule has 0 unspecified atom stereocenters. The van der Waals surface area contributed by atoms with Crippen molar-refractivity contribution in [2.24, 2.45) is 0 Å². The van der Waals surface area contributed by atoms with E-state index in [1.165, 1.54) is 6.07 Å². The predicted octanol–water partition coefficient (Wildman–Crippen LogP) is 2.87. The van der Waals surface area contributed by atoms with Crippen LogP contribution in [0, 0.1) is 24.1 Å². The highest BCUT2D eigenvalue weighted by Crippen LogP contribution is 2.16. The first-order valence-corrected chi connectivity index (χ1v) is 5.24. The van der Waals surface area contributed by atoms with Gasteiger partial charge in [0.2, 0.25) is 0 Å². The molecule has 1 aromatic rings. The van der Waals surface area contributed by atoms with E-state index in [0.29, 0.717) is 12.1 Å². The average molecular weight is 220 g/mol. The van der Waals surface area contributed by atoms with Gasteiger partial charge in [0.1, 0.15) is 11.4 Å². The van der Waals surface area contributed by atoms with Crippen LogP contribution >= 0.6 is 0 Å². The molecule has 0 spiro atoms. The fourth-order valence-electron chi connectivity index (χ4n) is 1.36. The minimum absolute atomic E-state index is 0.189. The number of nitriles is 1. The average Bonchev–Trinajstić information content (AvgIpc) is 2.23. The van der Waals surface area contributed by atoms with Gasteiger partial charge in [-0.05, 0) is 45.0 Å². The van der Waals surface area contributed by atoms with Gasteiger partial charge in [-0.25, -0.2) is 4.39 Å². The Morgan fingerprint density at radius 3 is 2.56 bits per heavy atom. The van der Waals surface area contributed by atoms with Gasteiger partial charge in [0.15, 0.2) is 0 Å². The number of hydrogen-bond acceptors (Lipinski definition) is 2. The van der Waals surface area contributed by atoms with Gasteiger partial charge in [-0.3, -0.25) is 4.90 Å². The van der Waals surface area contributed by atoms with Gasteiger partial charge in [0.25, 0.3) is 0 Å². The molecule has 16 heavy (non-hydrogen) atoms. The molecule has 0 amide bonds. The first-order valence-electron chi connectivity index (χ1n) is 5.24. The summed E-state index contributed by atoms with van der Waals surface area (Å²) in [7, 11) is 1.89. The van der Waals surface area contributed by atoms with E-state index in [0.717, 1.165) is 5.56 Å². The fourth-order valence-corrected chi connectivity index (χ4v) is 1.36. The van der Waals surface area contributed by atoms with Crippen molar-refractivity contribution in [1.82, 2.24) is 4.90 Å². The molecule has 1 aromatic carbocycles. The number of rotatable bonds is 3. The minimum Gasteiger partial charge on any atom is -0.285 e. The molecule has 0 aromatic heterocycles. The molecule has 0 heterocycles. The molecular weight excluding hydrogens is 203 g/mol. The third-order valence-electron chi connectivity index (χ3n) is 2.87. The summed E-state index contributed by atoms with van der Waals surface area (Å²) in [6.07, 6.45) is 0. The van der Waals surface area contributed by atoms with Gasteiger partial charge in [0, 0.05) is 6.54 Å². The van der Waals surface area contributed by atoms with E-state index in [4.69, 9.17) is 5.26 Å². The Hall–Kier alpha value is -1.40. The number of aryl methyl sites for hydroxylation is 1. The number of halogens is 1. The molecule has 0 radical (unpaired) electrons. The quantitative estimate of drug-likeness (QED) is 0.783. The maximum Gasteiger partial charge on any atom is 0.126 e. The van der Waals surface area contributed by atoms with Gasteiger partial charge in [-0.15, -0.1) is 0 Å². The Labute approximate surface area is 96.3 Å². The first-order chi connectivity index (χ1) is 7.36. The summed E-state index contributed by atoms with van der Waals surface area (Å²) in [6, 6.07) is 7.28. The van der Waals surface area contributed by atoms with Crippen LogP contribution in [-0.4, -0.2) is 17.5 Å². The summed E-state index contributed by atoms with van der Waals surface area (Å²) in [5.74, 6) is -0.189. The molecular formula is C13H17FN2. The van der Waals surface area contributed by atoms with E-state index < -0.39 is 5.54 Å². The third-order valence-corrected chi connectivity index (χ3v) is 2.87. The summed E-state index contributed by atoms with van der Waals surface area (Å²) in [5.41, 5.74) is 1.15. The molecule has 0 aliphatic heterocycles. The van der Waals surface area contributed by atoms with Crippen molar-refractivity contribution in [2.75, 3.05) is 7.05 Å². The number of hydrogen-bond donors (Lipinski definition) is 0. The summed E-state index contributed by atoms with van der Waals surface area (Å²) in [5, 5.41) is 8.99. The second-order valence-corrected chi connectivity index (χ2v) is 4.61. The monoisotopic (exact) mass is 220 g/mol. The van der Waals surface area contributed by atoms with Crippen molar-refractivity contribution in [2.45, 2.75) is 32.9 Å². The Morgan fingerprint density at radius 2 is 2.06 bits per heavy atom. The molecule has 0 aliphatic rings. The van der Waals surface area contributed by atoms with Gasteiger partial charge in [-0.2, -0.15) is 5.26 Å². The lowest BCUT2D eigenvalue weighted by Crippen LogP contribution is -2.39. The standard InChI is InChI=1S/C13H17FN2/c1-10-7-11(5-6-12(10)14)8-16(4)13(2,3)9-15/h5-7H,8H2,1-4H3. The van der Waals surface area contributed by atoms with Gasteiger partial charge in [-0.1, -0.05) is 12.1 Å². The third kappa shape index (κ3) is 2.80. The van der Waals surface area contributed by atoms with E-state index in [1.54, 1.807) is 13.0 Å². The zero-order valence-electron chi connectivity index (χ0n) is 10.2. The van der Waals surface area contributed by atoms with E-state index >= 15 is 0 Å². The molecule has 3 heteroatoms. The second kappa shape index (κ2) is 4.63. The number of benzene rings is 1. The van der Waals surface area contributed by atoms with Crippen molar-refractivity contribution in [3.8, 4) is 6.07 Å². The zero-order valence-corrected chi connectivity index (χ0v) is 10.2. The Balaban J connectivity index is 2.82. The normalized spacial score (nSPS) is 11.6. The second-order valence-electron chi connectivity index (χ2n) is 4.61. The molecule has 0 aliphatic carbocycles. The lowest BCUT2D eigenvalue weighted by atomic mass is 10.0. The largest absolute Gasteiger partial charge is 0.285 e. The van der Waals surface area contributed by atoms with Gasteiger partial charge >= 0.3 is 0 Å². The molecule has 86 valence electrons. The molecule has 2 nitrogen and oxygen atoms in total. The van der Waals surface area contributed by atoms with E-state index in [9.17, 15) is 4.39 Å². The Bertz CT molecular complexity index is 418. The van der Waals surface area contributed by atoms with Crippen LogP contribution < -0.4 is 0 Å². The van der Waals surface area contributed by atoms with Crippen molar-refractivity contribution in [1.29, 1.82) is 5.26 Å². The maximum atomic E-state index is 13.1. The van der Waals surface area contributed by atoms with Crippen molar-refractivity contribution in [3.63, 3.8) is 0 Å². The molecule has 0 fully saturated rings. The minimum atomic E-state index is -0.512. The predicted molar refractivity (Wildman–Crippen MR) is 62.3 cm³/mol. The van der Waals surface area contributed by atoms with Gasteiger partial charge in [0.05, 0.1) is 6.07 Å². The van der Waals surface area contributed by atoms with Crippen LogP contribution in [0.3, 0.4) is 0 Å². The van der Waals surface area contributed by atoms with Crippen molar-refractivity contribution < 1.29 is 4.39 Å². The zero-order chi connectivity index (χ0) is 12.3. The lowest BCUT2D eigenvalue weighted by molar-refractivity contribution is 0.203.